The second-order valence-corrected chi connectivity index (χ2v) is 6.28. The molecule has 1 heterocycles. The normalized spacial score (nSPS) is 19.6. The average molecular weight is 312 g/mol. The molecule has 3 rings (SSSR count). The number of likely N-dealkylation sites (tertiary alicyclic amines) is 1. The lowest BCUT2D eigenvalue weighted by molar-refractivity contribution is -0.137. The van der Waals surface area contributed by atoms with E-state index in [0.717, 1.165) is 42.3 Å². The van der Waals surface area contributed by atoms with Crippen molar-refractivity contribution in [2.75, 3.05) is 13.2 Å². The number of hydrogen-bond acceptors (Lipinski definition) is 3. The van der Waals surface area contributed by atoms with E-state index in [1.807, 2.05) is 54.3 Å². The van der Waals surface area contributed by atoms with Crippen LogP contribution in [0.25, 0.3) is 10.8 Å². The predicted octanol–water partition coefficient (Wildman–Crippen LogP) is 2.95. The van der Waals surface area contributed by atoms with E-state index < -0.39 is 0 Å². The van der Waals surface area contributed by atoms with Gasteiger partial charge in [0, 0.05) is 24.0 Å². The summed E-state index contributed by atoms with van der Waals surface area (Å²) in [6.07, 6.45) is 3.17. The standard InChI is InChI=1S/C19H24N2O2/c1-14(20)17-10-4-5-12-21(17)19(22)13-23-18-11-6-8-15-7-2-3-9-16(15)18/h2-3,6-9,11,14,17H,4-5,10,12-13,20H2,1H3. The molecule has 2 aromatic carbocycles. The highest BCUT2D eigenvalue weighted by Crippen LogP contribution is 2.25. The number of carbonyl (C=O) groups excluding carboxylic acids is 1. The third-order valence-electron chi connectivity index (χ3n) is 4.58. The van der Waals surface area contributed by atoms with Gasteiger partial charge in [0.05, 0.1) is 0 Å². The largest absolute Gasteiger partial charge is 0.483 e. The molecule has 23 heavy (non-hydrogen) atoms. The molecular weight excluding hydrogens is 288 g/mol. The van der Waals surface area contributed by atoms with Gasteiger partial charge in [-0.15, -0.1) is 0 Å². The molecule has 0 bridgehead atoms. The van der Waals surface area contributed by atoms with Crippen LogP contribution in [0.4, 0.5) is 0 Å². The van der Waals surface area contributed by atoms with E-state index >= 15 is 0 Å². The molecule has 4 nitrogen and oxygen atoms in total. The highest BCUT2D eigenvalue weighted by atomic mass is 16.5. The van der Waals surface area contributed by atoms with Gasteiger partial charge >= 0.3 is 0 Å². The minimum Gasteiger partial charge on any atom is -0.483 e. The van der Waals surface area contributed by atoms with Crippen LogP contribution < -0.4 is 10.5 Å². The summed E-state index contributed by atoms with van der Waals surface area (Å²) < 4.78 is 5.83. The summed E-state index contributed by atoms with van der Waals surface area (Å²) in [6.45, 7) is 2.82. The van der Waals surface area contributed by atoms with Crippen LogP contribution in [0.15, 0.2) is 42.5 Å². The summed E-state index contributed by atoms with van der Waals surface area (Å²) in [5, 5.41) is 2.15. The number of carbonyl (C=O) groups is 1. The summed E-state index contributed by atoms with van der Waals surface area (Å²) in [6, 6.07) is 14.1. The maximum atomic E-state index is 12.6. The predicted molar refractivity (Wildman–Crippen MR) is 92.4 cm³/mol. The zero-order chi connectivity index (χ0) is 16.2. The van der Waals surface area contributed by atoms with Gasteiger partial charge in [0.1, 0.15) is 5.75 Å². The van der Waals surface area contributed by atoms with Crippen molar-refractivity contribution >= 4 is 16.7 Å². The first-order valence-corrected chi connectivity index (χ1v) is 8.32. The molecular formula is C19H24N2O2. The van der Waals surface area contributed by atoms with E-state index in [-0.39, 0.29) is 24.6 Å². The molecule has 122 valence electrons. The van der Waals surface area contributed by atoms with Crippen LogP contribution in [0.5, 0.6) is 5.75 Å². The van der Waals surface area contributed by atoms with Gasteiger partial charge in [0.15, 0.2) is 6.61 Å². The van der Waals surface area contributed by atoms with E-state index in [0.29, 0.717) is 0 Å². The van der Waals surface area contributed by atoms with Crippen LogP contribution in [0.1, 0.15) is 26.2 Å². The molecule has 4 heteroatoms. The Morgan fingerprint density at radius 1 is 1.26 bits per heavy atom. The third kappa shape index (κ3) is 3.48. The number of amides is 1. The molecule has 2 aromatic rings. The minimum atomic E-state index is -0.00296. The van der Waals surface area contributed by atoms with E-state index in [4.69, 9.17) is 10.5 Å². The van der Waals surface area contributed by atoms with Crippen molar-refractivity contribution in [3.63, 3.8) is 0 Å². The highest BCUT2D eigenvalue weighted by Gasteiger charge is 2.29. The zero-order valence-corrected chi connectivity index (χ0v) is 13.6. The van der Waals surface area contributed by atoms with Gasteiger partial charge in [-0.05, 0) is 37.6 Å². The Labute approximate surface area is 137 Å². The van der Waals surface area contributed by atoms with Gasteiger partial charge in [-0.1, -0.05) is 36.4 Å². The molecule has 2 N–H and O–H groups in total. The molecule has 1 saturated heterocycles. The van der Waals surface area contributed by atoms with Crippen LogP contribution in [0, 0.1) is 0 Å². The number of rotatable bonds is 4. The van der Waals surface area contributed by atoms with Crippen molar-refractivity contribution in [2.24, 2.45) is 5.73 Å². The first-order chi connectivity index (χ1) is 11.2. The maximum Gasteiger partial charge on any atom is 0.260 e. The molecule has 2 unspecified atom stereocenters. The Kier molecular flexibility index (Phi) is 4.82. The molecule has 1 aliphatic rings. The Morgan fingerprint density at radius 2 is 2.04 bits per heavy atom. The van der Waals surface area contributed by atoms with Crippen molar-refractivity contribution in [1.29, 1.82) is 0 Å². The van der Waals surface area contributed by atoms with Gasteiger partial charge in [0.25, 0.3) is 5.91 Å². The molecule has 1 fully saturated rings. The summed E-state index contributed by atoms with van der Waals surface area (Å²) in [7, 11) is 0. The van der Waals surface area contributed by atoms with E-state index in [9.17, 15) is 4.79 Å². The molecule has 0 spiro atoms. The number of piperidine rings is 1. The molecule has 0 radical (unpaired) electrons. The first kappa shape index (κ1) is 15.8. The lowest BCUT2D eigenvalue weighted by Gasteiger charge is -2.38. The minimum absolute atomic E-state index is 0.00296. The van der Waals surface area contributed by atoms with Crippen molar-refractivity contribution in [1.82, 2.24) is 4.90 Å². The van der Waals surface area contributed by atoms with Crippen molar-refractivity contribution in [2.45, 2.75) is 38.3 Å². The average Bonchev–Trinajstić information content (AvgIpc) is 2.59. The van der Waals surface area contributed by atoms with Crippen LogP contribution >= 0.6 is 0 Å². The zero-order valence-electron chi connectivity index (χ0n) is 13.6. The second kappa shape index (κ2) is 7.01. The first-order valence-electron chi connectivity index (χ1n) is 8.32. The number of fused-ring (bicyclic) bond motifs is 1. The van der Waals surface area contributed by atoms with E-state index in [1.54, 1.807) is 0 Å². The molecule has 1 amide bonds. The van der Waals surface area contributed by atoms with Crippen LogP contribution in [-0.2, 0) is 4.79 Å². The van der Waals surface area contributed by atoms with Gasteiger partial charge in [-0.2, -0.15) is 0 Å². The summed E-state index contributed by atoms with van der Waals surface area (Å²) in [4.78, 5) is 14.5. The summed E-state index contributed by atoms with van der Waals surface area (Å²) in [5.74, 6) is 0.783. The fourth-order valence-corrected chi connectivity index (χ4v) is 3.36. The van der Waals surface area contributed by atoms with Gasteiger partial charge < -0.3 is 15.4 Å². The Morgan fingerprint density at radius 3 is 2.87 bits per heavy atom. The highest BCUT2D eigenvalue weighted by molar-refractivity contribution is 5.88. The number of benzene rings is 2. The second-order valence-electron chi connectivity index (χ2n) is 6.28. The SMILES string of the molecule is CC(N)C1CCCCN1C(=O)COc1cccc2ccccc12. The van der Waals surface area contributed by atoms with Gasteiger partial charge in [0.2, 0.25) is 0 Å². The molecule has 0 aliphatic carbocycles. The van der Waals surface area contributed by atoms with Crippen LogP contribution in [0.3, 0.4) is 0 Å². The summed E-state index contributed by atoms with van der Waals surface area (Å²) in [5.41, 5.74) is 6.04. The number of hydrogen-bond donors (Lipinski definition) is 1. The quantitative estimate of drug-likeness (QED) is 0.944. The van der Waals surface area contributed by atoms with Crippen molar-refractivity contribution < 1.29 is 9.53 Å². The number of ether oxygens (including phenoxy) is 1. The number of nitrogens with two attached hydrogens (primary N) is 1. The van der Waals surface area contributed by atoms with Crippen molar-refractivity contribution in [3.8, 4) is 5.75 Å². The maximum absolute atomic E-state index is 12.6. The van der Waals surface area contributed by atoms with E-state index in [2.05, 4.69) is 0 Å². The molecule has 1 aliphatic heterocycles. The molecule has 0 saturated carbocycles. The monoisotopic (exact) mass is 312 g/mol. The van der Waals surface area contributed by atoms with Crippen molar-refractivity contribution in [3.05, 3.63) is 42.5 Å². The molecule has 0 aromatic heterocycles. The lowest BCUT2D eigenvalue weighted by Crippen LogP contribution is -2.52. The Balaban J connectivity index is 1.70. The fourth-order valence-electron chi connectivity index (χ4n) is 3.36. The topological polar surface area (TPSA) is 55.6 Å². The lowest BCUT2D eigenvalue weighted by atomic mass is 9.97. The summed E-state index contributed by atoms with van der Waals surface area (Å²) >= 11 is 0. The van der Waals surface area contributed by atoms with Crippen LogP contribution in [0.2, 0.25) is 0 Å². The van der Waals surface area contributed by atoms with E-state index in [1.165, 1.54) is 0 Å². The fraction of sp³-hybridized carbons (Fsp3) is 0.421. The number of nitrogens with zero attached hydrogens (tertiary/aromatic N) is 1. The smallest absolute Gasteiger partial charge is 0.260 e. The van der Waals surface area contributed by atoms with Gasteiger partial charge in [-0.25, -0.2) is 0 Å². The third-order valence-corrected chi connectivity index (χ3v) is 4.58. The van der Waals surface area contributed by atoms with Gasteiger partial charge in [-0.3, -0.25) is 4.79 Å². The Hall–Kier alpha value is -2.07. The Bertz CT molecular complexity index is 679. The molecule has 2 atom stereocenters. The van der Waals surface area contributed by atoms with Crippen LogP contribution in [-0.4, -0.2) is 36.0 Å².